The number of nitrogens with one attached hydrogen (secondary N) is 1. The third-order valence-corrected chi connectivity index (χ3v) is 3.64. The van der Waals surface area contributed by atoms with Gasteiger partial charge in [0.2, 0.25) is 5.91 Å². The number of rotatable bonds is 8. The maximum atomic E-state index is 12.0. The number of anilines is 2. The number of benzene rings is 1. The second-order valence-corrected chi connectivity index (χ2v) is 5.59. The van der Waals surface area contributed by atoms with E-state index in [1.54, 1.807) is 6.07 Å². The third-order valence-electron chi connectivity index (χ3n) is 3.64. The highest BCUT2D eigenvalue weighted by atomic mass is 16.1. The number of carbonyl (C=O) groups excluding carboxylic acids is 1. The first-order valence-corrected chi connectivity index (χ1v) is 8.07. The molecule has 1 heterocycles. The van der Waals surface area contributed by atoms with Crippen molar-refractivity contribution >= 4 is 17.5 Å². The van der Waals surface area contributed by atoms with Crippen LogP contribution in [0.3, 0.4) is 0 Å². The van der Waals surface area contributed by atoms with E-state index in [1.165, 1.54) is 0 Å². The maximum Gasteiger partial charge on any atom is 0.225 e. The molecule has 0 saturated heterocycles. The summed E-state index contributed by atoms with van der Waals surface area (Å²) >= 11 is 0. The topological polar surface area (TPSA) is 58.1 Å². The number of carbonyl (C=O) groups is 1. The standard InChI is InChI=1S/C18H24N4O/c1-3-4-14-22(2)17-12-11-16(20-21-17)19-18(23)13-10-15-8-6-5-7-9-15/h5-9,11-12H,3-4,10,13-14H2,1-2H3,(H,19,20,23). The molecule has 1 amide bonds. The molecule has 0 spiro atoms. The van der Waals surface area contributed by atoms with Gasteiger partial charge in [0.05, 0.1) is 0 Å². The molecule has 5 nitrogen and oxygen atoms in total. The predicted octanol–water partition coefficient (Wildman–Crippen LogP) is 3.28. The number of nitrogens with zero attached hydrogens (tertiary/aromatic N) is 3. The van der Waals surface area contributed by atoms with Gasteiger partial charge in [-0.15, -0.1) is 10.2 Å². The Balaban J connectivity index is 1.82. The molecule has 1 aromatic carbocycles. The van der Waals surface area contributed by atoms with E-state index < -0.39 is 0 Å². The van der Waals surface area contributed by atoms with Crippen LogP contribution in [-0.2, 0) is 11.2 Å². The highest BCUT2D eigenvalue weighted by Gasteiger charge is 2.06. The van der Waals surface area contributed by atoms with Crippen molar-refractivity contribution in [3.63, 3.8) is 0 Å². The van der Waals surface area contributed by atoms with Gasteiger partial charge in [0.1, 0.15) is 0 Å². The van der Waals surface area contributed by atoms with Gasteiger partial charge in [0.15, 0.2) is 11.6 Å². The lowest BCUT2D eigenvalue weighted by Gasteiger charge is -2.16. The average Bonchev–Trinajstić information content (AvgIpc) is 2.59. The number of amides is 1. The van der Waals surface area contributed by atoms with Gasteiger partial charge in [-0.25, -0.2) is 0 Å². The fraction of sp³-hybridized carbons (Fsp3) is 0.389. The molecule has 0 atom stereocenters. The van der Waals surface area contributed by atoms with E-state index in [0.29, 0.717) is 12.2 Å². The predicted molar refractivity (Wildman–Crippen MR) is 93.6 cm³/mol. The van der Waals surface area contributed by atoms with Gasteiger partial charge in [-0.05, 0) is 30.5 Å². The van der Waals surface area contributed by atoms with Crippen molar-refractivity contribution in [2.45, 2.75) is 32.6 Å². The Bertz CT molecular complexity index is 598. The molecule has 122 valence electrons. The minimum Gasteiger partial charge on any atom is -0.358 e. The third kappa shape index (κ3) is 5.70. The molecule has 0 radical (unpaired) electrons. The monoisotopic (exact) mass is 312 g/mol. The van der Waals surface area contributed by atoms with Gasteiger partial charge in [0, 0.05) is 20.0 Å². The number of hydrogen-bond acceptors (Lipinski definition) is 4. The summed E-state index contributed by atoms with van der Waals surface area (Å²) in [7, 11) is 2.00. The first-order chi connectivity index (χ1) is 11.2. The normalized spacial score (nSPS) is 10.3. The summed E-state index contributed by atoms with van der Waals surface area (Å²) in [6, 6.07) is 13.7. The van der Waals surface area contributed by atoms with Gasteiger partial charge in [-0.1, -0.05) is 43.7 Å². The Morgan fingerprint density at radius 3 is 2.57 bits per heavy atom. The smallest absolute Gasteiger partial charge is 0.225 e. The maximum absolute atomic E-state index is 12.0. The molecule has 0 unspecified atom stereocenters. The van der Waals surface area contributed by atoms with E-state index in [2.05, 4.69) is 27.3 Å². The zero-order chi connectivity index (χ0) is 16.5. The first kappa shape index (κ1) is 16.9. The Hall–Kier alpha value is -2.43. The Labute approximate surface area is 137 Å². The van der Waals surface area contributed by atoms with E-state index in [0.717, 1.165) is 37.2 Å². The summed E-state index contributed by atoms with van der Waals surface area (Å²) in [5.74, 6) is 1.27. The molecule has 0 aliphatic heterocycles. The van der Waals surface area contributed by atoms with Gasteiger partial charge in [-0.3, -0.25) is 4.79 Å². The minimum atomic E-state index is -0.0461. The van der Waals surface area contributed by atoms with E-state index >= 15 is 0 Å². The number of aromatic nitrogens is 2. The quantitative estimate of drug-likeness (QED) is 0.812. The number of unbranched alkanes of at least 4 members (excludes halogenated alkanes) is 1. The molecule has 0 saturated carbocycles. The van der Waals surface area contributed by atoms with Gasteiger partial charge in [0.25, 0.3) is 0 Å². The van der Waals surface area contributed by atoms with E-state index in [4.69, 9.17) is 0 Å². The molecule has 1 aromatic heterocycles. The van der Waals surface area contributed by atoms with Crippen LogP contribution in [0, 0.1) is 0 Å². The Kier molecular flexibility index (Phi) is 6.54. The van der Waals surface area contributed by atoms with Crippen LogP contribution in [-0.4, -0.2) is 29.7 Å². The van der Waals surface area contributed by atoms with Crippen molar-refractivity contribution < 1.29 is 4.79 Å². The molecule has 5 heteroatoms. The van der Waals surface area contributed by atoms with E-state index in [-0.39, 0.29) is 5.91 Å². The van der Waals surface area contributed by atoms with Crippen molar-refractivity contribution in [3.05, 3.63) is 48.0 Å². The molecule has 0 aliphatic rings. The molecule has 23 heavy (non-hydrogen) atoms. The molecular weight excluding hydrogens is 288 g/mol. The van der Waals surface area contributed by atoms with Gasteiger partial charge in [-0.2, -0.15) is 0 Å². The summed E-state index contributed by atoms with van der Waals surface area (Å²) in [4.78, 5) is 14.0. The molecular formula is C18H24N4O. The second kappa shape index (κ2) is 8.88. The highest BCUT2D eigenvalue weighted by molar-refractivity contribution is 5.89. The van der Waals surface area contributed by atoms with Crippen molar-refractivity contribution in [2.75, 3.05) is 23.8 Å². The van der Waals surface area contributed by atoms with E-state index in [1.807, 2.05) is 43.4 Å². The summed E-state index contributed by atoms with van der Waals surface area (Å²) in [5.41, 5.74) is 1.15. The van der Waals surface area contributed by atoms with Crippen molar-refractivity contribution in [3.8, 4) is 0 Å². The van der Waals surface area contributed by atoms with Crippen LogP contribution in [0.5, 0.6) is 0 Å². The lowest BCUT2D eigenvalue weighted by molar-refractivity contribution is -0.116. The lowest BCUT2D eigenvalue weighted by Crippen LogP contribution is -2.20. The zero-order valence-corrected chi connectivity index (χ0v) is 13.8. The van der Waals surface area contributed by atoms with Crippen LogP contribution in [0.1, 0.15) is 31.7 Å². The Morgan fingerprint density at radius 1 is 1.13 bits per heavy atom. The number of aryl methyl sites for hydroxylation is 1. The zero-order valence-electron chi connectivity index (χ0n) is 13.8. The molecule has 2 rings (SSSR count). The first-order valence-electron chi connectivity index (χ1n) is 8.07. The molecule has 0 fully saturated rings. The fourth-order valence-corrected chi connectivity index (χ4v) is 2.21. The fourth-order valence-electron chi connectivity index (χ4n) is 2.21. The van der Waals surface area contributed by atoms with E-state index in [9.17, 15) is 4.79 Å². The number of hydrogen-bond donors (Lipinski definition) is 1. The Morgan fingerprint density at radius 2 is 1.91 bits per heavy atom. The van der Waals surface area contributed by atoms with Crippen molar-refractivity contribution in [1.29, 1.82) is 0 Å². The van der Waals surface area contributed by atoms with Crippen molar-refractivity contribution in [1.82, 2.24) is 10.2 Å². The van der Waals surface area contributed by atoms with Crippen LogP contribution in [0.4, 0.5) is 11.6 Å². The average molecular weight is 312 g/mol. The van der Waals surface area contributed by atoms with Gasteiger partial charge >= 0.3 is 0 Å². The summed E-state index contributed by atoms with van der Waals surface area (Å²) in [5, 5.41) is 11.0. The van der Waals surface area contributed by atoms with Crippen LogP contribution in [0.25, 0.3) is 0 Å². The molecule has 0 aliphatic carbocycles. The lowest BCUT2D eigenvalue weighted by atomic mass is 10.1. The molecule has 0 bridgehead atoms. The molecule has 2 aromatic rings. The summed E-state index contributed by atoms with van der Waals surface area (Å²) < 4.78 is 0. The van der Waals surface area contributed by atoms with Gasteiger partial charge < -0.3 is 10.2 Å². The van der Waals surface area contributed by atoms with Crippen LogP contribution in [0.2, 0.25) is 0 Å². The van der Waals surface area contributed by atoms with Crippen LogP contribution >= 0.6 is 0 Å². The molecule has 1 N–H and O–H groups in total. The highest BCUT2D eigenvalue weighted by Crippen LogP contribution is 2.11. The largest absolute Gasteiger partial charge is 0.358 e. The van der Waals surface area contributed by atoms with Crippen molar-refractivity contribution in [2.24, 2.45) is 0 Å². The summed E-state index contributed by atoms with van der Waals surface area (Å²) in [6.07, 6.45) is 3.42. The van der Waals surface area contributed by atoms with Crippen LogP contribution in [0.15, 0.2) is 42.5 Å². The second-order valence-electron chi connectivity index (χ2n) is 5.59. The minimum absolute atomic E-state index is 0.0461. The SMILES string of the molecule is CCCCN(C)c1ccc(NC(=O)CCc2ccccc2)nn1. The van der Waals surface area contributed by atoms with Crippen LogP contribution < -0.4 is 10.2 Å². The summed E-state index contributed by atoms with van der Waals surface area (Å²) in [6.45, 7) is 3.11.